The molecule has 1 aromatic rings. The van der Waals surface area contributed by atoms with Crippen LogP contribution in [0.4, 0.5) is 0 Å². The van der Waals surface area contributed by atoms with Gasteiger partial charge in [0.2, 0.25) is 5.91 Å². The first-order chi connectivity index (χ1) is 13.0. The lowest BCUT2D eigenvalue weighted by molar-refractivity contribution is -0.128. The number of aryl methyl sites for hydroxylation is 1. The number of carboxylic acid groups (broad SMARTS) is 1. The molecule has 1 heterocycles. The number of carbonyl (C=O) groups excluding carboxylic acids is 1. The van der Waals surface area contributed by atoms with Gasteiger partial charge in [-0.05, 0) is 43.4 Å². The number of benzene rings is 1. The Morgan fingerprint density at radius 1 is 1.26 bits per heavy atom. The third kappa shape index (κ3) is 6.83. The van der Waals surface area contributed by atoms with Crippen LogP contribution in [0.2, 0.25) is 0 Å². The molecule has 1 aliphatic heterocycles. The normalized spacial score (nSPS) is 18.4. The van der Waals surface area contributed by atoms with Crippen molar-refractivity contribution in [3.63, 3.8) is 0 Å². The fourth-order valence-corrected chi connectivity index (χ4v) is 3.47. The van der Waals surface area contributed by atoms with Gasteiger partial charge in [0.1, 0.15) is 0 Å². The number of nitrogens with zero attached hydrogens (tertiary/aromatic N) is 1. The van der Waals surface area contributed by atoms with Crippen molar-refractivity contribution >= 4 is 11.9 Å². The molecule has 0 bridgehead atoms. The summed E-state index contributed by atoms with van der Waals surface area (Å²) in [6, 6.07) is 6.97. The molecule has 2 N–H and O–H groups in total. The van der Waals surface area contributed by atoms with Crippen LogP contribution in [0.5, 0.6) is 0 Å². The lowest BCUT2D eigenvalue weighted by Gasteiger charge is -2.22. The molecule has 0 spiro atoms. The summed E-state index contributed by atoms with van der Waals surface area (Å²) >= 11 is 0. The van der Waals surface area contributed by atoms with Crippen molar-refractivity contribution in [1.82, 2.24) is 4.90 Å². The predicted molar refractivity (Wildman–Crippen MR) is 106 cm³/mol. The smallest absolute Gasteiger partial charge is 0.335 e. The lowest BCUT2D eigenvalue weighted by Crippen LogP contribution is -2.33. The third-order valence-electron chi connectivity index (χ3n) is 5.10. The molecule has 0 saturated carbocycles. The van der Waals surface area contributed by atoms with Crippen molar-refractivity contribution in [3.05, 3.63) is 47.5 Å². The van der Waals surface area contributed by atoms with Gasteiger partial charge in [-0.2, -0.15) is 0 Å². The van der Waals surface area contributed by atoms with E-state index in [1.165, 1.54) is 0 Å². The number of amides is 1. The minimum Gasteiger partial charge on any atom is -0.478 e. The zero-order valence-electron chi connectivity index (χ0n) is 16.1. The molecule has 2 rings (SSSR count). The maximum absolute atomic E-state index is 12.2. The quantitative estimate of drug-likeness (QED) is 0.457. The third-order valence-corrected chi connectivity index (χ3v) is 5.10. The van der Waals surface area contributed by atoms with Crippen LogP contribution in [0, 0.1) is 0 Å². The Morgan fingerprint density at radius 3 is 2.67 bits per heavy atom. The van der Waals surface area contributed by atoms with Crippen molar-refractivity contribution in [1.29, 1.82) is 0 Å². The highest BCUT2D eigenvalue weighted by Crippen LogP contribution is 2.21. The number of aromatic carboxylic acids is 1. The zero-order valence-corrected chi connectivity index (χ0v) is 16.1. The molecule has 27 heavy (non-hydrogen) atoms. The van der Waals surface area contributed by atoms with Gasteiger partial charge in [-0.15, -0.1) is 0 Å². The van der Waals surface area contributed by atoms with E-state index in [-0.39, 0.29) is 17.5 Å². The Bertz CT molecular complexity index is 638. The highest BCUT2D eigenvalue weighted by Gasteiger charge is 2.28. The molecular weight excluding hydrogens is 342 g/mol. The van der Waals surface area contributed by atoms with E-state index >= 15 is 0 Å². The van der Waals surface area contributed by atoms with E-state index in [0.29, 0.717) is 13.0 Å². The molecule has 1 aromatic carbocycles. The van der Waals surface area contributed by atoms with Crippen molar-refractivity contribution in [3.8, 4) is 0 Å². The predicted octanol–water partition coefficient (Wildman–Crippen LogP) is 3.81. The van der Waals surface area contributed by atoms with Crippen LogP contribution in [0.1, 0.15) is 67.8 Å². The van der Waals surface area contributed by atoms with Gasteiger partial charge in [0.15, 0.2) is 0 Å². The number of aliphatic hydroxyl groups is 1. The molecule has 2 atom stereocenters. The molecule has 1 fully saturated rings. The Balaban J connectivity index is 1.80. The average molecular weight is 373 g/mol. The first-order valence-electron chi connectivity index (χ1n) is 9.99. The minimum atomic E-state index is -0.921. The van der Waals surface area contributed by atoms with Crippen molar-refractivity contribution < 1.29 is 19.8 Å². The highest BCUT2D eigenvalue weighted by molar-refractivity contribution is 5.87. The molecular formula is C22H31NO4. The number of hydrogen-bond acceptors (Lipinski definition) is 3. The van der Waals surface area contributed by atoms with E-state index in [2.05, 4.69) is 6.92 Å². The summed E-state index contributed by atoms with van der Waals surface area (Å²) in [6.45, 7) is 2.82. The number of hydrogen-bond donors (Lipinski definition) is 2. The van der Waals surface area contributed by atoms with Crippen LogP contribution >= 0.6 is 0 Å². The SMILES string of the molecule is CCCCC[C@@H](O)/C=C/C1CCC(=O)N1CCCc1ccc(C(=O)O)cc1. The number of rotatable bonds is 11. The Kier molecular flexibility index (Phi) is 8.52. The molecule has 0 radical (unpaired) electrons. The highest BCUT2D eigenvalue weighted by atomic mass is 16.4. The van der Waals surface area contributed by atoms with Crippen LogP contribution in [0.15, 0.2) is 36.4 Å². The minimum absolute atomic E-state index is 0.0766. The van der Waals surface area contributed by atoms with Crippen LogP contribution in [-0.2, 0) is 11.2 Å². The standard InChI is InChI=1S/C22H31NO4/c1-2-3-4-7-20(24)14-12-19-13-15-21(25)23(19)16-5-6-17-8-10-18(11-9-17)22(26)27/h8-12,14,19-20,24H,2-7,13,15-16H2,1H3,(H,26,27)/b14-12+/t19?,20-/m1/s1. The van der Waals surface area contributed by atoms with E-state index < -0.39 is 12.1 Å². The molecule has 0 aliphatic carbocycles. The summed E-state index contributed by atoms with van der Waals surface area (Å²) in [5, 5.41) is 19.0. The molecule has 1 unspecified atom stereocenters. The Hall–Kier alpha value is -2.14. The molecule has 148 valence electrons. The Morgan fingerprint density at radius 2 is 2.00 bits per heavy atom. The van der Waals surface area contributed by atoms with Crippen molar-refractivity contribution in [2.75, 3.05) is 6.54 Å². The summed E-state index contributed by atoms with van der Waals surface area (Å²) in [6.07, 6.45) is 10.5. The molecule has 1 amide bonds. The monoisotopic (exact) mass is 373 g/mol. The summed E-state index contributed by atoms with van der Waals surface area (Å²) in [5.74, 6) is -0.748. The van der Waals surface area contributed by atoms with E-state index in [9.17, 15) is 14.7 Å². The van der Waals surface area contributed by atoms with Crippen molar-refractivity contribution in [2.45, 2.75) is 70.4 Å². The summed E-state index contributed by atoms with van der Waals surface area (Å²) < 4.78 is 0. The second kappa shape index (κ2) is 10.9. The largest absolute Gasteiger partial charge is 0.478 e. The average Bonchev–Trinajstić information content (AvgIpc) is 3.00. The second-order valence-corrected chi connectivity index (χ2v) is 7.25. The lowest BCUT2D eigenvalue weighted by atomic mass is 10.1. The van der Waals surface area contributed by atoms with Gasteiger partial charge in [-0.25, -0.2) is 4.79 Å². The first kappa shape index (κ1) is 21.2. The fourth-order valence-electron chi connectivity index (χ4n) is 3.47. The van der Waals surface area contributed by atoms with Crippen molar-refractivity contribution in [2.24, 2.45) is 0 Å². The Labute approximate surface area is 161 Å². The van der Waals surface area contributed by atoms with Gasteiger partial charge >= 0.3 is 5.97 Å². The van der Waals surface area contributed by atoms with E-state index in [1.807, 2.05) is 29.2 Å². The number of likely N-dealkylation sites (tertiary alicyclic amines) is 1. The van der Waals surface area contributed by atoms with Gasteiger partial charge in [0, 0.05) is 13.0 Å². The van der Waals surface area contributed by atoms with Crippen LogP contribution in [0.3, 0.4) is 0 Å². The van der Waals surface area contributed by atoms with Gasteiger partial charge in [-0.1, -0.05) is 50.5 Å². The summed E-state index contributed by atoms with van der Waals surface area (Å²) in [5.41, 5.74) is 1.36. The second-order valence-electron chi connectivity index (χ2n) is 7.25. The molecule has 0 aromatic heterocycles. The molecule has 1 aliphatic rings. The van der Waals surface area contributed by atoms with Gasteiger partial charge < -0.3 is 15.1 Å². The van der Waals surface area contributed by atoms with E-state index in [4.69, 9.17) is 5.11 Å². The maximum Gasteiger partial charge on any atom is 0.335 e. The first-order valence-corrected chi connectivity index (χ1v) is 9.99. The van der Waals surface area contributed by atoms with Crippen LogP contribution in [-0.4, -0.2) is 45.7 Å². The fraction of sp³-hybridized carbons (Fsp3) is 0.545. The number of aliphatic hydroxyl groups excluding tert-OH is 1. The molecule has 5 nitrogen and oxygen atoms in total. The topological polar surface area (TPSA) is 77.8 Å². The summed E-state index contributed by atoms with van der Waals surface area (Å²) in [7, 11) is 0. The van der Waals surface area contributed by atoms with E-state index in [0.717, 1.165) is 50.5 Å². The van der Waals surface area contributed by atoms with E-state index in [1.54, 1.807) is 12.1 Å². The number of carbonyl (C=O) groups is 2. The van der Waals surface area contributed by atoms with Crippen LogP contribution < -0.4 is 0 Å². The van der Waals surface area contributed by atoms with Gasteiger partial charge in [0.05, 0.1) is 17.7 Å². The van der Waals surface area contributed by atoms with Crippen LogP contribution in [0.25, 0.3) is 0 Å². The molecule has 5 heteroatoms. The maximum atomic E-state index is 12.2. The van der Waals surface area contributed by atoms with Gasteiger partial charge in [0.25, 0.3) is 0 Å². The van der Waals surface area contributed by atoms with Gasteiger partial charge in [-0.3, -0.25) is 4.79 Å². The summed E-state index contributed by atoms with van der Waals surface area (Å²) in [4.78, 5) is 25.0. The number of unbranched alkanes of at least 4 members (excludes halogenated alkanes) is 2. The molecule has 1 saturated heterocycles. The number of carboxylic acids is 1. The zero-order chi connectivity index (χ0) is 19.6.